The van der Waals surface area contributed by atoms with Crippen molar-refractivity contribution in [3.8, 4) is 22.9 Å². The number of piperidine rings is 1. The number of aromatic hydroxyl groups is 1. The number of nitrogens with one attached hydrogen (secondary N) is 1. The molecule has 2 amide bonds. The van der Waals surface area contributed by atoms with Crippen LogP contribution in [0.25, 0.3) is 17.2 Å². The maximum absolute atomic E-state index is 14.5. The first kappa shape index (κ1) is 34.0. The van der Waals surface area contributed by atoms with Crippen molar-refractivity contribution in [3.05, 3.63) is 98.7 Å². The molecule has 0 saturated carbocycles. The van der Waals surface area contributed by atoms with E-state index in [9.17, 15) is 32.7 Å². The van der Waals surface area contributed by atoms with Crippen LogP contribution in [-0.4, -0.2) is 66.2 Å². The van der Waals surface area contributed by atoms with E-state index in [0.717, 1.165) is 18.2 Å². The van der Waals surface area contributed by atoms with E-state index >= 15 is 0 Å². The number of alkyl halides is 3. The van der Waals surface area contributed by atoms with Gasteiger partial charge < -0.3 is 24.6 Å². The van der Waals surface area contributed by atoms with Crippen LogP contribution in [0.3, 0.4) is 0 Å². The van der Waals surface area contributed by atoms with Crippen molar-refractivity contribution < 1.29 is 32.6 Å². The van der Waals surface area contributed by atoms with Gasteiger partial charge in [-0.15, -0.1) is 5.10 Å². The Balaban J connectivity index is 1.28. The number of halogens is 4. The molecule has 3 aromatic heterocycles. The van der Waals surface area contributed by atoms with Gasteiger partial charge in [0, 0.05) is 41.5 Å². The first-order valence-electron chi connectivity index (χ1n) is 16.2. The molecule has 1 spiro atoms. The van der Waals surface area contributed by atoms with Crippen LogP contribution >= 0.6 is 11.6 Å². The van der Waals surface area contributed by atoms with E-state index in [4.69, 9.17) is 21.3 Å². The molecule has 2 aliphatic rings. The predicted octanol–water partition coefficient (Wildman–Crippen LogP) is 5.49. The summed E-state index contributed by atoms with van der Waals surface area (Å²) in [6.45, 7) is 0.254. The zero-order chi connectivity index (χ0) is 36.1. The van der Waals surface area contributed by atoms with E-state index in [2.05, 4.69) is 15.4 Å². The lowest BCUT2D eigenvalue weighted by molar-refractivity contribution is -0.137. The van der Waals surface area contributed by atoms with Crippen molar-refractivity contribution in [1.29, 1.82) is 0 Å². The Kier molecular flexibility index (Phi) is 8.69. The van der Waals surface area contributed by atoms with Gasteiger partial charge in [0.15, 0.2) is 11.5 Å². The molecule has 51 heavy (non-hydrogen) atoms. The van der Waals surface area contributed by atoms with Crippen molar-refractivity contribution in [2.45, 2.75) is 50.2 Å². The van der Waals surface area contributed by atoms with E-state index in [1.165, 1.54) is 30.0 Å². The minimum absolute atomic E-state index is 0.00607. The highest BCUT2D eigenvalue weighted by Gasteiger charge is 2.44. The van der Waals surface area contributed by atoms with E-state index in [0.29, 0.717) is 67.8 Å². The van der Waals surface area contributed by atoms with Crippen LogP contribution in [0.1, 0.15) is 53.0 Å². The third kappa shape index (κ3) is 6.26. The lowest BCUT2D eigenvalue weighted by Gasteiger charge is -2.45. The number of aromatic nitrogens is 5. The minimum atomic E-state index is -4.61. The second kappa shape index (κ2) is 13.0. The van der Waals surface area contributed by atoms with Crippen LogP contribution in [0.5, 0.6) is 11.5 Å². The van der Waals surface area contributed by atoms with Gasteiger partial charge in [-0.25, -0.2) is 4.98 Å². The Morgan fingerprint density at radius 3 is 2.49 bits per heavy atom. The number of rotatable bonds is 6. The molecule has 264 valence electrons. The van der Waals surface area contributed by atoms with Gasteiger partial charge in [0.25, 0.3) is 11.5 Å². The number of hydrogen-bond donors (Lipinski definition) is 2. The average Bonchev–Trinajstić information content (AvgIpc) is 3.57. The summed E-state index contributed by atoms with van der Waals surface area (Å²) in [7, 11) is 1.54. The summed E-state index contributed by atoms with van der Waals surface area (Å²) in [6, 6.07) is 12.5. The van der Waals surface area contributed by atoms with Crippen molar-refractivity contribution >= 4 is 34.9 Å². The SMILES string of the molecule is COc1ccc(-c2nc3n(CC(=O)Nc4ccc(C(F)(F)F)cc4Cl)c4c(c(=O)n3n2)C2(CCC4)CCN(C(=O)c3ncccc3O)CC2)cc1. The standard InChI is InChI=1S/C35H31ClF3N7O5/c1-51-22-9-6-20(7-10-22)30-42-33-45(19-27(48)41-24-11-8-21(18-23(24)36)35(37,38)39)25-4-2-12-34(28(25)31(49)46(33)43-30)13-16-44(17-14-34)32(50)29-26(47)5-3-15-40-29/h3,5-11,15,18,47H,2,4,12-14,16-17,19H2,1H3,(H,41,48). The third-order valence-electron chi connectivity index (χ3n) is 9.67. The Labute approximate surface area is 293 Å². The van der Waals surface area contributed by atoms with Gasteiger partial charge in [0.1, 0.15) is 18.0 Å². The third-order valence-corrected chi connectivity index (χ3v) is 9.98. The summed E-state index contributed by atoms with van der Waals surface area (Å²) in [6.07, 6.45) is -0.507. The highest BCUT2D eigenvalue weighted by atomic mass is 35.5. The number of fused-ring (bicyclic) bond motifs is 3. The molecule has 1 saturated heterocycles. The molecule has 4 heterocycles. The molecule has 0 unspecified atom stereocenters. The quantitative estimate of drug-likeness (QED) is 0.235. The first-order valence-corrected chi connectivity index (χ1v) is 16.5. The minimum Gasteiger partial charge on any atom is -0.505 e. The van der Waals surface area contributed by atoms with Crippen LogP contribution in [-0.2, 0) is 29.4 Å². The van der Waals surface area contributed by atoms with E-state index < -0.39 is 29.0 Å². The summed E-state index contributed by atoms with van der Waals surface area (Å²) in [4.78, 5) is 51.7. The molecule has 0 bridgehead atoms. The van der Waals surface area contributed by atoms with Crippen LogP contribution < -0.4 is 15.6 Å². The lowest BCUT2D eigenvalue weighted by Crippen LogP contribution is -2.50. The molecular weight excluding hydrogens is 691 g/mol. The maximum atomic E-state index is 14.5. The fourth-order valence-electron chi connectivity index (χ4n) is 7.12. The number of nitrogens with zero attached hydrogens (tertiary/aromatic N) is 6. The maximum Gasteiger partial charge on any atom is 0.416 e. The lowest BCUT2D eigenvalue weighted by atomic mass is 9.66. The summed E-state index contributed by atoms with van der Waals surface area (Å²) in [5.41, 5.74) is -0.346. The second-order valence-electron chi connectivity index (χ2n) is 12.6. The fraction of sp³-hybridized carbons (Fsp3) is 0.314. The van der Waals surface area contributed by atoms with Gasteiger partial charge in [-0.05, 0) is 86.7 Å². The molecule has 16 heteroatoms. The predicted molar refractivity (Wildman–Crippen MR) is 180 cm³/mol. The Morgan fingerprint density at radius 2 is 1.82 bits per heavy atom. The molecule has 7 rings (SSSR count). The van der Waals surface area contributed by atoms with Crippen molar-refractivity contribution in [3.63, 3.8) is 0 Å². The van der Waals surface area contributed by atoms with Gasteiger partial charge in [-0.2, -0.15) is 22.7 Å². The number of ether oxygens (including phenoxy) is 1. The molecule has 5 aromatic rings. The molecule has 1 fully saturated rings. The van der Waals surface area contributed by atoms with Crippen molar-refractivity contribution in [1.82, 2.24) is 29.0 Å². The monoisotopic (exact) mass is 721 g/mol. The van der Waals surface area contributed by atoms with Crippen molar-refractivity contribution in [2.24, 2.45) is 0 Å². The fourth-order valence-corrected chi connectivity index (χ4v) is 7.34. The molecule has 1 aliphatic carbocycles. The van der Waals surface area contributed by atoms with Gasteiger partial charge in [0.2, 0.25) is 11.7 Å². The van der Waals surface area contributed by atoms with Crippen LogP contribution in [0, 0.1) is 0 Å². The Morgan fingerprint density at radius 1 is 1.08 bits per heavy atom. The summed E-state index contributed by atoms with van der Waals surface area (Å²) in [5, 5.41) is 17.1. The van der Waals surface area contributed by atoms with Gasteiger partial charge in [-0.3, -0.25) is 14.4 Å². The molecule has 12 nitrogen and oxygen atoms in total. The molecule has 1 aliphatic heterocycles. The largest absolute Gasteiger partial charge is 0.505 e. The number of anilines is 1. The van der Waals surface area contributed by atoms with Crippen molar-refractivity contribution in [2.75, 3.05) is 25.5 Å². The second-order valence-corrected chi connectivity index (χ2v) is 13.0. The number of carbonyl (C=O) groups excluding carboxylic acids is 2. The van der Waals surface area contributed by atoms with E-state index in [1.807, 2.05) is 0 Å². The number of benzene rings is 2. The normalized spacial score (nSPS) is 15.5. The van der Waals surface area contributed by atoms with E-state index in [-0.39, 0.29) is 45.9 Å². The molecule has 0 atom stereocenters. The molecule has 2 N–H and O–H groups in total. The van der Waals surface area contributed by atoms with Crippen LogP contribution in [0.2, 0.25) is 5.02 Å². The van der Waals surface area contributed by atoms with Gasteiger partial charge in [0.05, 0.1) is 23.4 Å². The first-order chi connectivity index (χ1) is 24.4. The highest BCUT2D eigenvalue weighted by Crippen LogP contribution is 2.44. The summed E-state index contributed by atoms with van der Waals surface area (Å²) in [5.74, 6) is -0.262. The van der Waals surface area contributed by atoms with E-state index in [1.54, 1.807) is 33.7 Å². The van der Waals surface area contributed by atoms with Gasteiger partial charge >= 0.3 is 6.18 Å². The number of pyridine rings is 1. The summed E-state index contributed by atoms with van der Waals surface area (Å²) < 4.78 is 47.8. The highest BCUT2D eigenvalue weighted by molar-refractivity contribution is 6.33. The molecule has 0 radical (unpaired) electrons. The summed E-state index contributed by atoms with van der Waals surface area (Å²) >= 11 is 6.14. The Bertz CT molecular complexity index is 2230. The zero-order valence-corrected chi connectivity index (χ0v) is 28.0. The molecule has 2 aromatic carbocycles. The number of hydrogen-bond acceptors (Lipinski definition) is 8. The van der Waals surface area contributed by atoms with Crippen LogP contribution in [0.4, 0.5) is 18.9 Å². The molecular formula is C35H31ClF3N7O5. The van der Waals surface area contributed by atoms with Gasteiger partial charge in [-0.1, -0.05) is 11.6 Å². The topological polar surface area (TPSA) is 144 Å². The van der Waals surface area contributed by atoms with Crippen LogP contribution in [0.15, 0.2) is 65.6 Å². The average molecular weight is 722 g/mol. The Hall–Kier alpha value is -5.44. The zero-order valence-electron chi connectivity index (χ0n) is 27.2. The number of methoxy groups -OCH3 is 1. The number of likely N-dealkylation sites (tertiary alicyclic amines) is 1. The number of amides is 2. The smallest absolute Gasteiger partial charge is 0.416 e. The number of carbonyl (C=O) groups is 2.